The normalized spacial score (nSPS) is 17.6. The highest BCUT2D eigenvalue weighted by molar-refractivity contribution is 5.74. The molecule has 0 bridgehead atoms. The van der Waals surface area contributed by atoms with Crippen molar-refractivity contribution in [1.29, 1.82) is 0 Å². The molecule has 0 aliphatic heterocycles. The van der Waals surface area contributed by atoms with Gasteiger partial charge in [0, 0.05) is 12.1 Å². The maximum Gasteiger partial charge on any atom is 0.309 e. The molecule has 5 heteroatoms. The van der Waals surface area contributed by atoms with E-state index in [9.17, 15) is 14.9 Å². The number of ether oxygens (including phenoxy) is 1. The summed E-state index contributed by atoms with van der Waals surface area (Å²) >= 11 is 0. The Hall–Kier alpha value is -1.91. The highest BCUT2D eigenvalue weighted by Crippen LogP contribution is 2.30. The molecule has 1 aromatic rings. The number of fused-ring (bicyclic) bond motifs is 1. The van der Waals surface area contributed by atoms with E-state index in [1.165, 1.54) is 6.07 Å². The molecule has 1 aromatic carbocycles. The molecular formula is C12H13NO4. The Morgan fingerprint density at radius 1 is 1.47 bits per heavy atom. The van der Waals surface area contributed by atoms with E-state index in [1.807, 2.05) is 0 Å². The van der Waals surface area contributed by atoms with Gasteiger partial charge in [-0.2, -0.15) is 0 Å². The van der Waals surface area contributed by atoms with E-state index in [4.69, 9.17) is 4.74 Å². The monoisotopic (exact) mass is 235 g/mol. The molecule has 1 aliphatic carbocycles. The summed E-state index contributed by atoms with van der Waals surface area (Å²) in [5.74, 6) is -0.404. The summed E-state index contributed by atoms with van der Waals surface area (Å²) in [5, 5.41) is 10.6. The first-order valence-corrected chi connectivity index (χ1v) is 5.54. The summed E-state index contributed by atoms with van der Waals surface area (Å²) in [4.78, 5) is 21.8. The van der Waals surface area contributed by atoms with Gasteiger partial charge in [0.15, 0.2) is 0 Å². The molecule has 17 heavy (non-hydrogen) atoms. The summed E-state index contributed by atoms with van der Waals surface area (Å²) in [6.07, 6.45) is 1.15. The molecule has 0 saturated heterocycles. The Morgan fingerprint density at radius 3 is 2.82 bits per heavy atom. The van der Waals surface area contributed by atoms with E-state index in [-0.39, 0.29) is 17.6 Å². The Labute approximate surface area is 98.5 Å². The van der Waals surface area contributed by atoms with Gasteiger partial charge < -0.3 is 4.74 Å². The van der Waals surface area contributed by atoms with Gasteiger partial charge in [0.05, 0.1) is 17.4 Å². The van der Waals surface area contributed by atoms with E-state index in [0.717, 1.165) is 11.1 Å². The van der Waals surface area contributed by atoms with Crippen molar-refractivity contribution < 1.29 is 14.5 Å². The molecule has 0 fully saturated rings. The molecule has 0 N–H and O–H groups in total. The number of esters is 1. The maximum atomic E-state index is 11.6. The van der Waals surface area contributed by atoms with E-state index in [2.05, 4.69) is 0 Å². The van der Waals surface area contributed by atoms with Crippen molar-refractivity contribution in [3.8, 4) is 0 Å². The number of carbonyl (C=O) groups is 1. The number of nitro groups is 1. The first-order chi connectivity index (χ1) is 8.11. The van der Waals surface area contributed by atoms with Crippen molar-refractivity contribution >= 4 is 11.7 Å². The van der Waals surface area contributed by atoms with Crippen molar-refractivity contribution in [2.24, 2.45) is 5.92 Å². The van der Waals surface area contributed by atoms with Crippen LogP contribution in [-0.4, -0.2) is 17.5 Å². The molecule has 1 unspecified atom stereocenters. The van der Waals surface area contributed by atoms with E-state index in [0.29, 0.717) is 19.4 Å². The molecule has 90 valence electrons. The quantitative estimate of drug-likeness (QED) is 0.455. The van der Waals surface area contributed by atoms with Crippen LogP contribution in [0, 0.1) is 16.0 Å². The number of nitrogens with zero attached hydrogens (tertiary/aromatic N) is 1. The minimum atomic E-state index is -0.419. The van der Waals surface area contributed by atoms with Gasteiger partial charge in [0.2, 0.25) is 0 Å². The summed E-state index contributed by atoms with van der Waals surface area (Å²) in [6, 6.07) is 4.76. The van der Waals surface area contributed by atoms with Gasteiger partial charge >= 0.3 is 5.97 Å². The second-order valence-corrected chi connectivity index (χ2v) is 4.07. The van der Waals surface area contributed by atoms with Crippen molar-refractivity contribution in [1.82, 2.24) is 0 Å². The van der Waals surface area contributed by atoms with Crippen molar-refractivity contribution in [2.75, 3.05) is 6.61 Å². The zero-order valence-electron chi connectivity index (χ0n) is 9.51. The second kappa shape index (κ2) is 4.53. The van der Waals surface area contributed by atoms with Crippen LogP contribution in [0.15, 0.2) is 18.2 Å². The number of hydrogen-bond acceptors (Lipinski definition) is 4. The summed E-state index contributed by atoms with van der Waals surface area (Å²) in [6.45, 7) is 2.14. The van der Waals surface area contributed by atoms with Crippen LogP contribution in [0.3, 0.4) is 0 Å². The lowest BCUT2D eigenvalue weighted by atomic mass is 10.1. The van der Waals surface area contributed by atoms with Crippen LogP contribution >= 0.6 is 0 Å². The topological polar surface area (TPSA) is 69.4 Å². The van der Waals surface area contributed by atoms with Crippen LogP contribution in [0.2, 0.25) is 0 Å². The molecule has 0 radical (unpaired) electrons. The van der Waals surface area contributed by atoms with E-state index >= 15 is 0 Å². The van der Waals surface area contributed by atoms with Gasteiger partial charge in [0.1, 0.15) is 0 Å². The van der Waals surface area contributed by atoms with Crippen LogP contribution in [0.5, 0.6) is 0 Å². The molecule has 0 amide bonds. The van der Waals surface area contributed by atoms with Crippen LogP contribution in [-0.2, 0) is 22.4 Å². The predicted molar refractivity (Wildman–Crippen MR) is 60.6 cm³/mol. The number of rotatable bonds is 3. The number of benzene rings is 1. The standard InChI is InChI=1S/C12H13NO4/c1-2-17-12(14)10-5-8-3-4-11(13(15)16)7-9(8)6-10/h3-4,7,10H,2,5-6H2,1H3. The largest absolute Gasteiger partial charge is 0.466 e. The first kappa shape index (κ1) is 11.6. The Balaban J connectivity index is 2.16. The number of non-ortho nitro benzene ring substituents is 1. The molecule has 2 rings (SSSR count). The Kier molecular flexibility index (Phi) is 3.08. The molecule has 0 spiro atoms. The SMILES string of the molecule is CCOC(=O)C1Cc2ccc([N+](=O)[O-])cc2C1. The average molecular weight is 235 g/mol. The van der Waals surface area contributed by atoms with E-state index < -0.39 is 4.92 Å². The predicted octanol–water partition coefficient (Wildman–Crippen LogP) is 1.87. The molecule has 0 saturated carbocycles. The molecular weight excluding hydrogens is 222 g/mol. The lowest BCUT2D eigenvalue weighted by Crippen LogP contribution is -2.17. The van der Waals surface area contributed by atoms with Gasteiger partial charge in [-0.15, -0.1) is 0 Å². The number of nitro benzene ring substituents is 1. The summed E-state index contributed by atoms with van der Waals surface area (Å²) in [7, 11) is 0. The first-order valence-electron chi connectivity index (χ1n) is 5.54. The summed E-state index contributed by atoms with van der Waals surface area (Å²) < 4.78 is 4.96. The van der Waals surface area contributed by atoms with Crippen LogP contribution in [0.1, 0.15) is 18.1 Å². The highest BCUT2D eigenvalue weighted by Gasteiger charge is 2.29. The van der Waals surface area contributed by atoms with Gasteiger partial charge in [-0.05, 0) is 30.9 Å². The van der Waals surface area contributed by atoms with Gasteiger partial charge in [0.25, 0.3) is 5.69 Å². The molecule has 5 nitrogen and oxygen atoms in total. The van der Waals surface area contributed by atoms with Gasteiger partial charge in [-0.3, -0.25) is 14.9 Å². The zero-order chi connectivity index (χ0) is 12.4. The molecule has 0 heterocycles. The third-order valence-electron chi connectivity index (χ3n) is 2.95. The van der Waals surface area contributed by atoms with Gasteiger partial charge in [-0.1, -0.05) is 6.07 Å². The van der Waals surface area contributed by atoms with Crippen LogP contribution < -0.4 is 0 Å². The van der Waals surface area contributed by atoms with E-state index in [1.54, 1.807) is 19.1 Å². The Morgan fingerprint density at radius 2 is 2.18 bits per heavy atom. The number of hydrogen-bond donors (Lipinski definition) is 0. The van der Waals surface area contributed by atoms with Crippen molar-refractivity contribution in [3.63, 3.8) is 0 Å². The third-order valence-corrected chi connectivity index (χ3v) is 2.95. The van der Waals surface area contributed by atoms with Crippen molar-refractivity contribution in [3.05, 3.63) is 39.4 Å². The van der Waals surface area contributed by atoms with Crippen LogP contribution in [0.25, 0.3) is 0 Å². The van der Waals surface area contributed by atoms with Gasteiger partial charge in [-0.25, -0.2) is 0 Å². The fourth-order valence-corrected chi connectivity index (χ4v) is 2.14. The lowest BCUT2D eigenvalue weighted by Gasteiger charge is -2.06. The number of carbonyl (C=O) groups excluding carboxylic acids is 1. The molecule has 1 aliphatic rings. The Bertz CT molecular complexity index is 470. The van der Waals surface area contributed by atoms with Crippen LogP contribution in [0.4, 0.5) is 5.69 Å². The van der Waals surface area contributed by atoms with Crippen molar-refractivity contribution in [2.45, 2.75) is 19.8 Å². The molecule has 0 aromatic heterocycles. The third kappa shape index (κ3) is 2.27. The minimum Gasteiger partial charge on any atom is -0.466 e. The lowest BCUT2D eigenvalue weighted by molar-refractivity contribution is -0.384. The fraction of sp³-hybridized carbons (Fsp3) is 0.417. The second-order valence-electron chi connectivity index (χ2n) is 4.07. The maximum absolute atomic E-state index is 11.6. The highest BCUT2D eigenvalue weighted by atomic mass is 16.6. The zero-order valence-corrected chi connectivity index (χ0v) is 9.51. The summed E-state index contributed by atoms with van der Waals surface area (Å²) in [5.41, 5.74) is 1.97. The smallest absolute Gasteiger partial charge is 0.309 e. The fourth-order valence-electron chi connectivity index (χ4n) is 2.14. The minimum absolute atomic E-state index is 0.0771. The average Bonchev–Trinajstić information content (AvgIpc) is 2.71. The molecule has 1 atom stereocenters.